The number of benzene rings is 1. The van der Waals surface area contributed by atoms with Crippen LogP contribution in [-0.2, 0) is 9.53 Å². The predicted octanol–water partition coefficient (Wildman–Crippen LogP) is 3.96. The average Bonchev–Trinajstić information content (AvgIpc) is 2.67. The molecule has 2 heterocycles. The Kier molecular flexibility index (Phi) is 7.17. The molecule has 6 heteroatoms. The van der Waals surface area contributed by atoms with Crippen LogP contribution in [0.1, 0.15) is 38.5 Å². The SMILES string of the molecule is COc1ccc(NC(=O)CC[C@H]2CCCN(C3CCOCC3)C2)cc1Cl. The summed E-state index contributed by atoms with van der Waals surface area (Å²) in [6.07, 6.45) is 6.24. The van der Waals surface area contributed by atoms with Gasteiger partial charge in [0.15, 0.2) is 0 Å². The molecule has 2 aliphatic heterocycles. The topological polar surface area (TPSA) is 50.8 Å². The first-order valence-corrected chi connectivity index (χ1v) is 9.98. The van der Waals surface area contributed by atoms with Crippen LogP contribution in [0.5, 0.6) is 5.75 Å². The Hall–Kier alpha value is -1.30. The summed E-state index contributed by atoms with van der Waals surface area (Å²) in [6, 6.07) is 5.98. The fourth-order valence-electron chi connectivity index (χ4n) is 4.02. The maximum absolute atomic E-state index is 12.3. The van der Waals surface area contributed by atoms with Crippen molar-refractivity contribution < 1.29 is 14.3 Å². The number of ether oxygens (including phenoxy) is 2. The van der Waals surface area contributed by atoms with E-state index in [1.54, 1.807) is 19.2 Å². The van der Waals surface area contributed by atoms with Crippen LogP contribution in [0.3, 0.4) is 0 Å². The van der Waals surface area contributed by atoms with Gasteiger partial charge in [-0.25, -0.2) is 0 Å². The Balaban J connectivity index is 1.44. The molecule has 0 bridgehead atoms. The molecule has 0 radical (unpaired) electrons. The van der Waals surface area contributed by atoms with E-state index in [2.05, 4.69) is 10.2 Å². The van der Waals surface area contributed by atoms with E-state index in [-0.39, 0.29) is 5.91 Å². The number of nitrogens with zero attached hydrogens (tertiary/aromatic N) is 1. The third-order valence-electron chi connectivity index (χ3n) is 5.47. The maximum atomic E-state index is 12.3. The standard InChI is InChI=1S/C20H29ClN2O3/c1-25-19-6-5-16(13-18(19)21)22-20(24)7-4-15-3-2-10-23(14-15)17-8-11-26-12-9-17/h5-6,13,15,17H,2-4,7-12,14H2,1H3,(H,22,24)/t15-/m1/s1. The lowest BCUT2D eigenvalue weighted by Crippen LogP contribution is -2.45. The smallest absolute Gasteiger partial charge is 0.224 e. The summed E-state index contributed by atoms with van der Waals surface area (Å²) in [4.78, 5) is 14.9. The Bertz CT molecular complexity index is 605. The van der Waals surface area contributed by atoms with E-state index in [1.807, 2.05) is 6.07 Å². The molecule has 0 spiro atoms. The summed E-state index contributed by atoms with van der Waals surface area (Å²) in [5, 5.41) is 3.44. The monoisotopic (exact) mass is 380 g/mol. The van der Waals surface area contributed by atoms with E-state index < -0.39 is 0 Å². The summed E-state index contributed by atoms with van der Waals surface area (Å²) < 4.78 is 10.6. The highest BCUT2D eigenvalue weighted by Crippen LogP contribution is 2.28. The van der Waals surface area contributed by atoms with Gasteiger partial charge < -0.3 is 14.8 Å². The lowest BCUT2D eigenvalue weighted by atomic mass is 9.91. The largest absolute Gasteiger partial charge is 0.495 e. The van der Waals surface area contributed by atoms with Gasteiger partial charge in [0.2, 0.25) is 5.91 Å². The van der Waals surface area contributed by atoms with Gasteiger partial charge in [0.25, 0.3) is 0 Å². The van der Waals surface area contributed by atoms with Crippen molar-refractivity contribution in [3.8, 4) is 5.75 Å². The second kappa shape index (κ2) is 9.58. The first-order chi connectivity index (χ1) is 12.7. The van der Waals surface area contributed by atoms with E-state index in [0.29, 0.717) is 34.8 Å². The molecule has 5 nitrogen and oxygen atoms in total. The van der Waals surface area contributed by atoms with Crippen molar-refractivity contribution in [3.05, 3.63) is 23.2 Å². The number of halogens is 1. The number of nitrogens with one attached hydrogen (secondary N) is 1. The van der Waals surface area contributed by atoms with Gasteiger partial charge in [0.1, 0.15) is 5.75 Å². The van der Waals surface area contributed by atoms with Gasteiger partial charge in [-0.15, -0.1) is 0 Å². The van der Waals surface area contributed by atoms with Gasteiger partial charge in [-0.2, -0.15) is 0 Å². The Morgan fingerprint density at radius 3 is 2.88 bits per heavy atom. The van der Waals surface area contributed by atoms with E-state index in [9.17, 15) is 4.79 Å². The molecule has 3 rings (SSSR count). The minimum atomic E-state index is 0.0504. The van der Waals surface area contributed by atoms with Gasteiger partial charge >= 0.3 is 0 Å². The summed E-state index contributed by atoms with van der Waals surface area (Å²) in [5.74, 6) is 1.27. The molecule has 1 amide bonds. The Morgan fingerprint density at radius 1 is 1.35 bits per heavy atom. The quantitative estimate of drug-likeness (QED) is 0.811. The first kappa shape index (κ1) is 19.5. The zero-order valence-corrected chi connectivity index (χ0v) is 16.3. The minimum absolute atomic E-state index is 0.0504. The summed E-state index contributed by atoms with van der Waals surface area (Å²) in [5.41, 5.74) is 0.716. The van der Waals surface area contributed by atoms with Gasteiger partial charge in [-0.05, 0) is 62.8 Å². The molecule has 2 saturated heterocycles. The number of hydrogen-bond acceptors (Lipinski definition) is 4. The van der Waals surface area contributed by atoms with Crippen molar-refractivity contribution in [1.29, 1.82) is 0 Å². The third-order valence-corrected chi connectivity index (χ3v) is 5.77. The molecule has 26 heavy (non-hydrogen) atoms. The molecule has 0 aromatic heterocycles. The molecular weight excluding hydrogens is 352 g/mol. The number of likely N-dealkylation sites (tertiary alicyclic amines) is 1. The molecule has 0 aliphatic carbocycles. The van der Waals surface area contributed by atoms with E-state index >= 15 is 0 Å². The van der Waals surface area contributed by atoms with E-state index in [4.69, 9.17) is 21.1 Å². The summed E-state index contributed by atoms with van der Waals surface area (Å²) in [7, 11) is 1.58. The zero-order chi connectivity index (χ0) is 18.4. The lowest BCUT2D eigenvalue weighted by Gasteiger charge is -2.40. The van der Waals surface area contributed by atoms with Crippen molar-refractivity contribution in [2.75, 3.05) is 38.7 Å². The predicted molar refractivity (Wildman–Crippen MR) is 104 cm³/mol. The minimum Gasteiger partial charge on any atom is -0.495 e. The second-order valence-corrected chi connectivity index (χ2v) is 7.69. The highest BCUT2D eigenvalue weighted by Gasteiger charge is 2.27. The van der Waals surface area contributed by atoms with Crippen LogP contribution < -0.4 is 10.1 Å². The first-order valence-electron chi connectivity index (χ1n) is 9.61. The molecule has 0 unspecified atom stereocenters. The fraction of sp³-hybridized carbons (Fsp3) is 0.650. The van der Waals surface area contributed by atoms with Crippen LogP contribution in [0.25, 0.3) is 0 Å². The Morgan fingerprint density at radius 2 is 2.15 bits per heavy atom. The zero-order valence-electron chi connectivity index (χ0n) is 15.5. The van der Waals surface area contributed by atoms with Crippen LogP contribution >= 0.6 is 11.6 Å². The highest BCUT2D eigenvalue weighted by atomic mass is 35.5. The number of hydrogen-bond donors (Lipinski definition) is 1. The number of piperidine rings is 1. The van der Waals surface area contributed by atoms with Gasteiger partial charge in [-0.1, -0.05) is 11.6 Å². The summed E-state index contributed by atoms with van der Waals surface area (Å²) >= 11 is 6.11. The Labute approximate surface area is 161 Å². The van der Waals surface area contributed by atoms with Gasteiger partial charge in [0.05, 0.1) is 12.1 Å². The highest BCUT2D eigenvalue weighted by molar-refractivity contribution is 6.32. The number of methoxy groups -OCH3 is 1. The number of amides is 1. The number of rotatable bonds is 6. The van der Waals surface area contributed by atoms with Crippen LogP contribution in [0, 0.1) is 5.92 Å². The van der Waals surface area contributed by atoms with Crippen LogP contribution in [-0.4, -0.2) is 50.3 Å². The maximum Gasteiger partial charge on any atom is 0.224 e. The fourth-order valence-corrected chi connectivity index (χ4v) is 4.28. The van der Waals surface area contributed by atoms with Crippen molar-refractivity contribution in [3.63, 3.8) is 0 Å². The number of anilines is 1. The van der Waals surface area contributed by atoms with Gasteiger partial charge in [-0.3, -0.25) is 9.69 Å². The molecule has 1 aromatic rings. The van der Waals surface area contributed by atoms with Crippen LogP contribution in [0.15, 0.2) is 18.2 Å². The molecule has 1 atom stereocenters. The molecule has 0 saturated carbocycles. The normalized spacial score (nSPS) is 22.2. The van der Waals surface area contributed by atoms with Crippen LogP contribution in [0.4, 0.5) is 5.69 Å². The number of carbonyl (C=O) groups is 1. The van der Waals surface area contributed by atoms with Crippen LogP contribution in [0.2, 0.25) is 5.02 Å². The average molecular weight is 381 g/mol. The van der Waals surface area contributed by atoms with Crippen molar-refractivity contribution in [2.45, 2.75) is 44.6 Å². The molecule has 2 fully saturated rings. The van der Waals surface area contributed by atoms with Gasteiger partial charge in [0, 0.05) is 37.9 Å². The number of carbonyl (C=O) groups excluding carboxylic acids is 1. The molecule has 1 aromatic carbocycles. The molecule has 144 valence electrons. The molecule has 2 aliphatic rings. The van der Waals surface area contributed by atoms with E-state index in [0.717, 1.165) is 39.0 Å². The molecular formula is C20H29ClN2O3. The van der Waals surface area contributed by atoms with E-state index in [1.165, 1.54) is 19.4 Å². The lowest BCUT2D eigenvalue weighted by molar-refractivity contribution is -0.116. The van der Waals surface area contributed by atoms with Crippen molar-refractivity contribution in [2.24, 2.45) is 5.92 Å². The van der Waals surface area contributed by atoms with Crippen molar-refractivity contribution >= 4 is 23.2 Å². The second-order valence-electron chi connectivity index (χ2n) is 7.28. The summed E-state index contributed by atoms with van der Waals surface area (Å²) in [6.45, 7) is 4.08. The van der Waals surface area contributed by atoms with Crippen molar-refractivity contribution in [1.82, 2.24) is 4.90 Å². The molecule has 1 N–H and O–H groups in total. The third kappa shape index (κ3) is 5.35.